The highest BCUT2D eigenvalue weighted by Crippen LogP contribution is 2.37. The summed E-state index contributed by atoms with van der Waals surface area (Å²) in [7, 11) is 0. The quantitative estimate of drug-likeness (QED) is 0.909. The number of aliphatic hydroxyl groups is 1. The Morgan fingerprint density at radius 2 is 1.87 bits per heavy atom. The molecule has 1 aliphatic rings. The number of nitrogens with zero attached hydrogens (tertiary/aromatic N) is 1. The zero-order chi connectivity index (χ0) is 17.4. The molecule has 0 aliphatic carbocycles. The van der Waals surface area contributed by atoms with Crippen LogP contribution in [0.4, 0.5) is 18.0 Å². The molecule has 0 radical (unpaired) electrons. The second kappa shape index (κ2) is 6.16. The van der Waals surface area contributed by atoms with Crippen molar-refractivity contribution in [3.8, 4) is 0 Å². The van der Waals surface area contributed by atoms with Gasteiger partial charge in [0.25, 0.3) is 5.24 Å². The Morgan fingerprint density at radius 1 is 1.26 bits per heavy atom. The fourth-order valence-corrected chi connectivity index (χ4v) is 3.29. The molecule has 23 heavy (non-hydrogen) atoms. The fourth-order valence-electron chi connectivity index (χ4n) is 2.39. The van der Waals surface area contributed by atoms with Crippen LogP contribution in [0.2, 0.25) is 0 Å². The molecule has 8 heteroatoms. The maximum atomic E-state index is 12.9. The molecule has 126 valence electrons. The van der Waals surface area contributed by atoms with Crippen molar-refractivity contribution in [3.05, 3.63) is 35.4 Å². The highest BCUT2D eigenvalue weighted by molar-refractivity contribution is 8.16. The minimum absolute atomic E-state index is 0.0708. The Hall–Kier alpha value is -1.54. The van der Waals surface area contributed by atoms with Crippen LogP contribution < -0.4 is 0 Å². The Bertz CT molecular complexity index is 631. The SMILES string of the molecule is CC1(C)SC(=O)N(C[C@@H](O)Cc2ccccc2C(F)(F)F)C1=O. The van der Waals surface area contributed by atoms with Crippen molar-refractivity contribution in [2.45, 2.75) is 37.3 Å². The predicted octanol–water partition coefficient (Wildman–Crippen LogP) is 3.08. The lowest BCUT2D eigenvalue weighted by Crippen LogP contribution is -2.41. The van der Waals surface area contributed by atoms with Crippen molar-refractivity contribution in [1.29, 1.82) is 0 Å². The van der Waals surface area contributed by atoms with Gasteiger partial charge in [0.2, 0.25) is 5.91 Å². The third-order valence-electron chi connectivity index (χ3n) is 3.49. The zero-order valence-electron chi connectivity index (χ0n) is 12.6. The van der Waals surface area contributed by atoms with Crippen LogP contribution >= 0.6 is 11.8 Å². The van der Waals surface area contributed by atoms with Gasteiger partial charge in [-0.25, -0.2) is 0 Å². The van der Waals surface area contributed by atoms with Crippen molar-refractivity contribution in [2.24, 2.45) is 0 Å². The Kier molecular flexibility index (Phi) is 4.77. The molecule has 1 heterocycles. The van der Waals surface area contributed by atoms with Crippen LogP contribution in [0.3, 0.4) is 0 Å². The van der Waals surface area contributed by atoms with Crippen LogP contribution in [0.15, 0.2) is 24.3 Å². The number of carbonyl (C=O) groups excluding carboxylic acids is 2. The summed E-state index contributed by atoms with van der Waals surface area (Å²) < 4.78 is 37.9. The van der Waals surface area contributed by atoms with Gasteiger partial charge in [0.1, 0.15) is 0 Å². The van der Waals surface area contributed by atoms with Gasteiger partial charge in [-0.2, -0.15) is 13.2 Å². The number of thioether (sulfide) groups is 1. The van der Waals surface area contributed by atoms with Crippen LogP contribution in [-0.2, 0) is 17.4 Å². The highest BCUT2D eigenvalue weighted by Gasteiger charge is 2.46. The minimum Gasteiger partial charge on any atom is -0.391 e. The average Bonchev–Trinajstić information content (AvgIpc) is 2.60. The molecule has 2 rings (SSSR count). The summed E-state index contributed by atoms with van der Waals surface area (Å²) >= 11 is 0.841. The molecule has 4 nitrogen and oxygen atoms in total. The lowest BCUT2D eigenvalue weighted by molar-refractivity contribution is -0.138. The number of hydrogen-bond acceptors (Lipinski definition) is 4. The smallest absolute Gasteiger partial charge is 0.391 e. The number of β-amino-alcohol motifs (C(OH)–C–C–N with tert-alkyl or cyclic N) is 1. The highest BCUT2D eigenvalue weighted by atomic mass is 32.2. The molecule has 1 aliphatic heterocycles. The Balaban J connectivity index is 2.11. The van der Waals surface area contributed by atoms with Crippen LogP contribution in [0.5, 0.6) is 0 Å². The van der Waals surface area contributed by atoms with E-state index in [1.807, 2.05) is 0 Å². The van der Waals surface area contributed by atoms with Gasteiger partial charge in [-0.15, -0.1) is 0 Å². The van der Waals surface area contributed by atoms with Gasteiger partial charge in [0.15, 0.2) is 0 Å². The number of benzene rings is 1. The third kappa shape index (κ3) is 3.87. The normalized spacial score (nSPS) is 19.3. The summed E-state index contributed by atoms with van der Waals surface area (Å²) in [4.78, 5) is 24.7. The zero-order valence-corrected chi connectivity index (χ0v) is 13.4. The van der Waals surface area contributed by atoms with Gasteiger partial charge >= 0.3 is 6.18 Å². The minimum atomic E-state index is -4.52. The first-order valence-electron chi connectivity index (χ1n) is 6.90. The van der Waals surface area contributed by atoms with E-state index in [2.05, 4.69) is 0 Å². The largest absolute Gasteiger partial charge is 0.416 e. The predicted molar refractivity (Wildman–Crippen MR) is 79.9 cm³/mol. The number of carbonyl (C=O) groups is 2. The third-order valence-corrected chi connectivity index (χ3v) is 4.57. The Morgan fingerprint density at radius 3 is 2.39 bits per heavy atom. The summed E-state index contributed by atoms with van der Waals surface area (Å²) in [5, 5.41) is 9.54. The first-order chi connectivity index (χ1) is 10.5. The summed E-state index contributed by atoms with van der Waals surface area (Å²) in [6.07, 6.45) is -6.08. The van der Waals surface area contributed by atoms with E-state index in [0.717, 1.165) is 22.7 Å². The maximum absolute atomic E-state index is 12.9. The number of rotatable bonds is 4. The number of amides is 2. The van der Waals surface area contributed by atoms with Crippen molar-refractivity contribution < 1.29 is 27.9 Å². The second-order valence-corrected chi connectivity index (χ2v) is 7.38. The first kappa shape index (κ1) is 17.8. The summed E-state index contributed by atoms with van der Waals surface area (Å²) in [5.41, 5.74) is -0.897. The van der Waals surface area contributed by atoms with Crippen molar-refractivity contribution >= 4 is 22.9 Å². The van der Waals surface area contributed by atoms with E-state index < -0.39 is 33.7 Å². The van der Waals surface area contributed by atoms with E-state index in [9.17, 15) is 27.9 Å². The molecule has 1 atom stereocenters. The number of alkyl halides is 3. The van der Waals surface area contributed by atoms with Crippen LogP contribution in [0.25, 0.3) is 0 Å². The lowest BCUT2D eigenvalue weighted by atomic mass is 10.0. The molecule has 1 N–H and O–H groups in total. The van der Waals surface area contributed by atoms with Gasteiger partial charge in [-0.05, 0) is 37.2 Å². The number of imide groups is 1. The van der Waals surface area contributed by atoms with Gasteiger partial charge in [0, 0.05) is 6.42 Å². The molecule has 0 saturated carbocycles. The second-order valence-electron chi connectivity index (χ2n) is 5.81. The number of halogens is 3. The summed E-state index contributed by atoms with van der Waals surface area (Å²) in [6.45, 7) is 2.85. The average molecular weight is 347 g/mol. The van der Waals surface area contributed by atoms with Crippen molar-refractivity contribution in [2.75, 3.05) is 6.54 Å². The molecule has 2 amide bonds. The number of aliphatic hydroxyl groups excluding tert-OH is 1. The molecule has 0 spiro atoms. The number of hydrogen-bond donors (Lipinski definition) is 1. The molecule has 1 fully saturated rings. The van der Waals surface area contributed by atoms with Crippen molar-refractivity contribution in [1.82, 2.24) is 4.90 Å². The Labute approximate surface area is 135 Å². The van der Waals surface area contributed by atoms with Gasteiger partial charge in [-0.3, -0.25) is 14.5 Å². The van der Waals surface area contributed by atoms with Gasteiger partial charge in [0.05, 0.1) is 23.0 Å². The molecule has 0 unspecified atom stereocenters. The molecule has 1 aromatic rings. The van der Waals surface area contributed by atoms with E-state index >= 15 is 0 Å². The molecule has 1 aromatic carbocycles. The first-order valence-corrected chi connectivity index (χ1v) is 7.72. The lowest BCUT2D eigenvalue weighted by Gasteiger charge is -2.21. The molecule has 1 saturated heterocycles. The van der Waals surface area contributed by atoms with E-state index in [1.165, 1.54) is 18.2 Å². The standard InChI is InChI=1S/C15H16F3NO3S/c1-14(2)12(21)19(13(22)23-14)8-10(20)7-9-5-3-4-6-11(9)15(16,17)18/h3-6,10,20H,7-8H2,1-2H3/t10-/m0/s1. The van der Waals surface area contributed by atoms with Crippen molar-refractivity contribution in [3.63, 3.8) is 0 Å². The van der Waals surface area contributed by atoms with Gasteiger partial charge in [-0.1, -0.05) is 18.2 Å². The maximum Gasteiger partial charge on any atom is 0.416 e. The van der Waals surface area contributed by atoms with Gasteiger partial charge < -0.3 is 5.11 Å². The topological polar surface area (TPSA) is 57.6 Å². The molecule has 0 bridgehead atoms. The monoisotopic (exact) mass is 347 g/mol. The fraction of sp³-hybridized carbons (Fsp3) is 0.467. The van der Waals surface area contributed by atoms with E-state index in [0.29, 0.717) is 0 Å². The summed E-state index contributed by atoms with van der Waals surface area (Å²) in [6, 6.07) is 4.93. The molecule has 0 aromatic heterocycles. The van der Waals surface area contributed by atoms with E-state index in [4.69, 9.17) is 0 Å². The van der Waals surface area contributed by atoms with E-state index in [-0.39, 0.29) is 18.5 Å². The molecular weight excluding hydrogens is 331 g/mol. The van der Waals surface area contributed by atoms with Crippen LogP contribution in [-0.4, -0.2) is 38.5 Å². The van der Waals surface area contributed by atoms with E-state index in [1.54, 1.807) is 13.8 Å². The molecular formula is C15H16F3NO3S. The van der Waals surface area contributed by atoms with Crippen LogP contribution in [0, 0.1) is 0 Å². The summed E-state index contributed by atoms with van der Waals surface area (Å²) in [5.74, 6) is -0.448. The van der Waals surface area contributed by atoms with Crippen LogP contribution in [0.1, 0.15) is 25.0 Å².